The molecular weight excluding hydrogens is 967 g/mol. The van der Waals surface area contributed by atoms with Crippen molar-refractivity contribution in [2.24, 2.45) is 46.8 Å². The molecule has 7 amide bonds. The Kier molecular flexibility index (Phi) is 32.0. The molecule has 75 heavy (non-hydrogen) atoms. The third-order valence-electron chi connectivity index (χ3n) is 13.1. The van der Waals surface area contributed by atoms with Crippen LogP contribution >= 0.6 is 0 Å². The minimum Gasteiger partial charge on any atom is -0.393 e. The molecule has 1 fully saturated rings. The first-order valence-corrected chi connectivity index (χ1v) is 27.0. The van der Waals surface area contributed by atoms with E-state index < -0.39 is 127 Å². The SMILES string of the molecule is CCCCCCC[C@@H](O)CC(=O)N[C@H](CON)C(=O)C[C@H]1CCNC(=O)[C@H](CC(C)C)NC(=O)[C@H](CCCN)NC(=O)[C@H](CCN)NC(=O)[C@H](CC(C)C)NC(=O)[C@@H](Cc2ccccc2)CC(=O)[C@H](CCN)NC1=O. The van der Waals surface area contributed by atoms with Crippen LogP contribution in [0.5, 0.6) is 0 Å². The predicted molar refractivity (Wildman–Crippen MR) is 284 cm³/mol. The molecule has 1 heterocycles. The average Bonchev–Trinajstić information content (AvgIpc) is 3.35. The van der Waals surface area contributed by atoms with Crippen molar-refractivity contribution < 1.29 is 53.1 Å². The Hall–Kier alpha value is -5.39. The van der Waals surface area contributed by atoms with Gasteiger partial charge in [0, 0.05) is 31.2 Å². The van der Waals surface area contributed by atoms with Crippen molar-refractivity contribution >= 4 is 52.9 Å². The van der Waals surface area contributed by atoms with Crippen LogP contribution in [-0.2, 0) is 54.4 Å². The normalized spacial score (nSPS) is 23.0. The molecule has 16 N–H and O–H groups in total. The molecule has 22 heteroatoms. The van der Waals surface area contributed by atoms with Gasteiger partial charge in [-0.3, -0.25) is 43.2 Å². The Balaban J connectivity index is 2.70. The fourth-order valence-corrected chi connectivity index (χ4v) is 8.92. The summed E-state index contributed by atoms with van der Waals surface area (Å²) in [6.07, 6.45) is 3.41. The molecular formula is C53H91N11O11. The lowest BCUT2D eigenvalue weighted by atomic mass is 9.89. The number of ketones is 2. The maximum absolute atomic E-state index is 14.5. The number of amides is 7. The second kappa shape index (κ2) is 36.6. The van der Waals surface area contributed by atoms with Crippen LogP contribution in [0.3, 0.4) is 0 Å². The van der Waals surface area contributed by atoms with Gasteiger partial charge in [-0.2, -0.15) is 0 Å². The summed E-state index contributed by atoms with van der Waals surface area (Å²) >= 11 is 0. The van der Waals surface area contributed by atoms with Crippen LogP contribution in [0.4, 0.5) is 0 Å². The number of hydrogen-bond donors (Lipinski definition) is 12. The average molecular weight is 1060 g/mol. The summed E-state index contributed by atoms with van der Waals surface area (Å²) in [4.78, 5) is 132. The zero-order valence-corrected chi connectivity index (χ0v) is 45.1. The van der Waals surface area contributed by atoms with E-state index in [1.807, 2.05) is 27.7 Å². The van der Waals surface area contributed by atoms with Gasteiger partial charge in [0.1, 0.15) is 30.2 Å². The van der Waals surface area contributed by atoms with Crippen LogP contribution in [0.1, 0.15) is 143 Å². The molecule has 0 spiro atoms. The second-order valence-corrected chi connectivity index (χ2v) is 20.7. The summed E-state index contributed by atoms with van der Waals surface area (Å²) < 4.78 is 0. The maximum Gasteiger partial charge on any atom is 0.243 e. The highest BCUT2D eigenvalue weighted by atomic mass is 16.6. The number of hydrogen-bond acceptors (Lipinski definition) is 15. The summed E-state index contributed by atoms with van der Waals surface area (Å²) in [5.74, 6) is -3.21. The standard InChI is InChI=1S/C53H91N11O11/c1-6-7-8-9-13-17-38(65)31-47(68)59-44(32-75-57)46(67)29-36-21-25-58-50(71)42(26-33(2)3)64-51(72)40(18-14-22-54)61-52(73)41(20-24-56)62-53(74)43(27-34(4)5)63-49(70)37(28-35-15-11-10-12-16-35)30-45(66)39(19-23-55)60-48(36)69/h10-12,15-16,33-34,36-44,65H,6-9,13-14,17-32,54-57H2,1-5H3,(H,58,71)(H,59,68)(H,60,69)(H,61,73)(H,62,74)(H,63,70)(H,64,72)/t36-,37+,38-,39+,40+,41+,42+,43+,44-/m1/s1. The van der Waals surface area contributed by atoms with E-state index in [0.717, 1.165) is 32.1 Å². The predicted octanol–water partition coefficient (Wildman–Crippen LogP) is 0.339. The summed E-state index contributed by atoms with van der Waals surface area (Å²) in [6, 6.07) is 1.56. The van der Waals surface area contributed by atoms with Crippen molar-refractivity contribution in [3.05, 3.63) is 35.9 Å². The van der Waals surface area contributed by atoms with E-state index >= 15 is 0 Å². The smallest absolute Gasteiger partial charge is 0.243 e. The summed E-state index contributed by atoms with van der Waals surface area (Å²) in [7, 11) is 0. The molecule has 0 aliphatic carbocycles. The molecule has 0 unspecified atom stereocenters. The number of nitrogens with two attached hydrogens (primary N) is 4. The lowest BCUT2D eigenvalue weighted by molar-refractivity contribution is -0.136. The van der Waals surface area contributed by atoms with Gasteiger partial charge in [-0.15, -0.1) is 0 Å². The Bertz CT molecular complexity index is 1940. The first-order chi connectivity index (χ1) is 35.8. The third-order valence-corrected chi connectivity index (χ3v) is 13.1. The number of unbranched alkanes of at least 4 members (excludes halogenated alkanes) is 4. The molecule has 424 valence electrons. The Labute approximate surface area is 443 Å². The van der Waals surface area contributed by atoms with Gasteiger partial charge in [0.05, 0.1) is 25.2 Å². The van der Waals surface area contributed by atoms with E-state index in [4.69, 9.17) is 27.9 Å². The Morgan fingerprint density at radius 3 is 1.79 bits per heavy atom. The minimum atomic E-state index is -1.34. The third kappa shape index (κ3) is 25.8. The highest BCUT2D eigenvalue weighted by Crippen LogP contribution is 2.20. The Morgan fingerprint density at radius 1 is 0.667 bits per heavy atom. The van der Waals surface area contributed by atoms with Gasteiger partial charge >= 0.3 is 0 Å². The van der Waals surface area contributed by atoms with E-state index in [1.54, 1.807) is 30.3 Å². The number of benzene rings is 1. The molecule has 2 rings (SSSR count). The quantitative estimate of drug-likeness (QED) is 0.0418. The van der Waals surface area contributed by atoms with Crippen molar-refractivity contribution in [1.82, 2.24) is 37.2 Å². The number of Topliss-reactive ketones (excluding diaryl/α,β-unsaturated/α-hetero) is 2. The summed E-state index contributed by atoms with van der Waals surface area (Å²) in [5.41, 5.74) is 18.5. The van der Waals surface area contributed by atoms with Gasteiger partial charge < -0.3 is 64.4 Å². The molecule has 1 aromatic carbocycles. The molecule has 0 saturated carbocycles. The topological polar surface area (TPSA) is 371 Å². The molecule has 9 atom stereocenters. The van der Waals surface area contributed by atoms with Gasteiger partial charge in [0.25, 0.3) is 0 Å². The van der Waals surface area contributed by atoms with Crippen molar-refractivity contribution in [2.75, 3.05) is 32.8 Å². The van der Waals surface area contributed by atoms with Crippen LogP contribution in [0.2, 0.25) is 0 Å². The molecule has 1 saturated heterocycles. The Morgan fingerprint density at radius 2 is 1.20 bits per heavy atom. The summed E-state index contributed by atoms with van der Waals surface area (Å²) in [6.45, 7) is 8.87. The molecule has 0 bridgehead atoms. The van der Waals surface area contributed by atoms with E-state index in [0.29, 0.717) is 18.4 Å². The monoisotopic (exact) mass is 1060 g/mol. The fraction of sp³-hybridized carbons (Fsp3) is 0.717. The van der Waals surface area contributed by atoms with Gasteiger partial charge in [-0.1, -0.05) is 97.1 Å². The first kappa shape index (κ1) is 65.7. The lowest BCUT2D eigenvalue weighted by Crippen LogP contribution is -2.59. The zero-order valence-electron chi connectivity index (χ0n) is 45.1. The molecule has 1 aliphatic rings. The van der Waals surface area contributed by atoms with E-state index in [1.165, 1.54) is 0 Å². The number of carbonyl (C=O) groups excluding carboxylic acids is 9. The van der Waals surface area contributed by atoms with Gasteiger partial charge in [-0.25, -0.2) is 5.90 Å². The zero-order chi connectivity index (χ0) is 55.9. The van der Waals surface area contributed by atoms with Crippen LogP contribution in [-0.4, -0.2) is 133 Å². The lowest BCUT2D eigenvalue weighted by Gasteiger charge is -2.28. The van der Waals surface area contributed by atoms with E-state index in [-0.39, 0.29) is 89.4 Å². The molecule has 22 nitrogen and oxygen atoms in total. The minimum absolute atomic E-state index is 0.0315. The molecule has 1 aromatic rings. The van der Waals surface area contributed by atoms with E-state index in [9.17, 15) is 48.3 Å². The van der Waals surface area contributed by atoms with E-state index in [2.05, 4.69) is 44.1 Å². The second-order valence-electron chi connectivity index (χ2n) is 20.7. The fourth-order valence-electron chi connectivity index (χ4n) is 8.92. The van der Waals surface area contributed by atoms with Gasteiger partial charge in [-0.05, 0) is 94.8 Å². The highest BCUT2D eigenvalue weighted by Gasteiger charge is 2.36. The largest absolute Gasteiger partial charge is 0.393 e. The van der Waals surface area contributed by atoms with Crippen LogP contribution in [0, 0.1) is 23.7 Å². The molecule has 0 aromatic heterocycles. The van der Waals surface area contributed by atoms with Gasteiger partial charge in [0.15, 0.2) is 11.6 Å². The van der Waals surface area contributed by atoms with Gasteiger partial charge in [0.2, 0.25) is 41.4 Å². The number of aliphatic hydroxyl groups excluding tert-OH is 1. The number of aliphatic hydroxyl groups is 1. The van der Waals surface area contributed by atoms with Crippen molar-refractivity contribution in [3.63, 3.8) is 0 Å². The summed E-state index contributed by atoms with van der Waals surface area (Å²) in [5, 5.41) is 29.7. The number of nitrogens with one attached hydrogen (secondary N) is 7. The van der Waals surface area contributed by atoms with Crippen LogP contribution < -0.4 is 60.3 Å². The number of carbonyl (C=O) groups is 9. The van der Waals surface area contributed by atoms with Crippen LogP contribution in [0.25, 0.3) is 0 Å². The highest BCUT2D eigenvalue weighted by molar-refractivity contribution is 5.98. The first-order valence-electron chi connectivity index (χ1n) is 27.0. The van der Waals surface area contributed by atoms with Crippen LogP contribution in [0.15, 0.2) is 30.3 Å². The molecule has 1 aliphatic heterocycles. The molecule has 0 radical (unpaired) electrons. The van der Waals surface area contributed by atoms with Crippen molar-refractivity contribution in [2.45, 2.75) is 186 Å². The number of rotatable bonds is 27. The maximum atomic E-state index is 14.5. The van der Waals surface area contributed by atoms with Crippen molar-refractivity contribution in [3.8, 4) is 0 Å². The van der Waals surface area contributed by atoms with Crippen molar-refractivity contribution in [1.29, 1.82) is 0 Å².